The van der Waals surface area contributed by atoms with Crippen molar-refractivity contribution in [2.75, 3.05) is 0 Å². The number of amides is 2. The average Bonchev–Trinajstić information content (AvgIpc) is 2.35. The van der Waals surface area contributed by atoms with Crippen LogP contribution in [0.4, 0.5) is 4.79 Å². The Hall–Kier alpha value is -1.55. The number of hydrogen-bond donors (Lipinski definition) is 2. The fraction of sp³-hybridized carbons (Fsp3) is 0.562. The van der Waals surface area contributed by atoms with Crippen LogP contribution >= 0.6 is 0 Å². The Labute approximate surface area is 120 Å². The van der Waals surface area contributed by atoms with Crippen molar-refractivity contribution in [3.05, 3.63) is 35.4 Å². The van der Waals surface area contributed by atoms with Gasteiger partial charge < -0.3 is 15.4 Å². The lowest BCUT2D eigenvalue weighted by molar-refractivity contribution is -0.0402. The van der Waals surface area contributed by atoms with Crippen molar-refractivity contribution in [3.8, 4) is 0 Å². The van der Waals surface area contributed by atoms with Crippen molar-refractivity contribution < 1.29 is 9.53 Å². The highest BCUT2D eigenvalue weighted by Crippen LogP contribution is 2.18. The number of rotatable bonds is 3. The van der Waals surface area contributed by atoms with Crippen LogP contribution in [0.5, 0.6) is 0 Å². The van der Waals surface area contributed by atoms with E-state index in [1.54, 1.807) is 0 Å². The second-order valence-electron chi connectivity index (χ2n) is 5.74. The smallest absolute Gasteiger partial charge is 0.315 e. The third-order valence-corrected chi connectivity index (χ3v) is 3.57. The number of aryl methyl sites for hydroxylation is 1. The zero-order valence-corrected chi connectivity index (χ0v) is 12.5. The summed E-state index contributed by atoms with van der Waals surface area (Å²) in [5, 5.41) is 5.95. The Balaban J connectivity index is 1.78. The second-order valence-corrected chi connectivity index (χ2v) is 5.74. The number of urea groups is 1. The van der Waals surface area contributed by atoms with Gasteiger partial charge >= 0.3 is 6.03 Å². The Morgan fingerprint density at radius 1 is 1.30 bits per heavy atom. The molecule has 2 rings (SSSR count). The molecule has 1 aromatic rings. The summed E-state index contributed by atoms with van der Waals surface area (Å²) in [6.07, 6.45) is 2.17. The number of nitrogens with one attached hydrogen (secondary N) is 2. The first-order valence-electron chi connectivity index (χ1n) is 7.28. The molecule has 2 amide bonds. The summed E-state index contributed by atoms with van der Waals surface area (Å²) >= 11 is 0. The monoisotopic (exact) mass is 276 g/mol. The maximum Gasteiger partial charge on any atom is 0.315 e. The number of carbonyl (C=O) groups excluding carboxylic acids is 1. The third-order valence-electron chi connectivity index (χ3n) is 3.57. The number of benzene rings is 1. The summed E-state index contributed by atoms with van der Waals surface area (Å²) in [4.78, 5) is 11.9. The molecule has 110 valence electrons. The van der Waals surface area contributed by atoms with Crippen molar-refractivity contribution in [1.29, 1.82) is 0 Å². The molecule has 1 fully saturated rings. The largest absolute Gasteiger partial charge is 0.375 e. The molecule has 1 unspecified atom stereocenters. The minimum atomic E-state index is -0.0993. The number of ether oxygens (including phenoxy) is 1. The molecule has 2 N–H and O–H groups in total. The van der Waals surface area contributed by atoms with Crippen LogP contribution < -0.4 is 10.6 Å². The first-order chi connectivity index (χ1) is 9.52. The highest BCUT2D eigenvalue weighted by Gasteiger charge is 2.25. The molecule has 1 heterocycles. The SMILES string of the molecule is Cc1cccc(CNC(=O)NC2C[C@@H](C)O[C@@H](C)C2)c1. The standard InChI is InChI=1S/C16H24N2O2/c1-11-5-4-6-14(7-11)10-17-16(19)18-15-8-12(2)20-13(3)9-15/h4-7,12-13,15H,8-10H2,1-3H3,(H2,17,18,19)/t12-,13+,15?. The summed E-state index contributed by atoms with van der Waals surface area (Å²) < 4.78 is 5.67. The first-order valence-corrected chi connectivity index (χ1v) is 7.28. The molecule has 4 heteroatoms. The Morgan fingerprint density at radius 2 is 2.00 bits per heavy atom. The van der Waals surface area contributed by atoms with Crippen LogP contribution in [0.25, 0.3) is 0 Å². The van der Waals surface area contributed by atoms with Crippen LogP contribution in [-0.2, 0) is 11.3 Å². The molecule has 0 radical (unpaired) electrons. The summed E-state index contributed by atoms with van der Waals surface area (Å²) in [6, 6.07) is 8.26. The maximum absolute atomic E-state index is 11.9. The van der Waals surface area contributed by atoms with Gasteiger partial charge in [0.25, 0.3) is 0 Å². The summed E-state index contributed by atoms with van der Waals surface area (Å²) in [5.74, 6) is 0. The zero-order chi connectivity index (χ0) is 14.5. The number of carbonyl (C=O) groups is 1. The van der Waals surface area contributed by atoms with Gasteiger partial charge in [-0.1, -0.05) is 29.8 Å². The van der Waals surface area contributed by atoms with Gasteiger partial charge in [0.1, 0.15) is 0 Å². The van der Waals surface area contributed by atoms with Crippen molar-refractivity contribution in [3.63, 3.8) is 0 Å². The predicted octanol–water partition coefficient (Wildman–Crippen LogP) is 2.75. The minimum absolute atomic E-state index is 0.0993. The van der Waals surface area contributed by atoms with E-state index in [4.69, 9.17) is 4.74 Å². The Bertz CT molecular complexity index is 452. The van der Waals surface area contributed by atoms with Gasteiger partial charge in [0, 0.05) is 12.6 Å². The average molecular weight is 276 g/mol. The topological polar surface area (TPSA) is 50.4 Å². The van der Waals surface area contributed by atoms with E-state index in [1.807, 2.05) is 25.1 Å². The quantitative estimate of drug-likeness (QED) is 0.892. The molecule has 1 aliphatic heterocycles. The summed E-state index contributed by atoms with van der Waals surface area (Å²) in [5.41, 5.74) is 2.32. The molecule has 0 aliphatic carbocycles. The fourth-order valence-electron chi connectivity index (χ4n) is 2.76. The minimum Gasteiger partial charge on any atom is -0.375 e. The van der Waals surface area contributed by atoms with Gasteiger partial charge in [-0.15, -0.1) is 0 Å². The zero-order valence-electron chi connectivity index (χ0n) is 12.5. The van der Waals surface area contributed by atoms with Crippen molar-refractivity contribution >= 4 is 6.03 Å². The van der Waals surface area contributed by atoms with Gasteiger partial charge in [-0.05, 0) is 39.2 Å². The van der Waals surface area contributed by atoms with Gasteiger partial charge in [-0.3, -0.25) is 0 Å². The maximum atomic E-state index is 11.9. The van der Waals surface area contributed by atoms with E-state index in [-0.39, 0.29) is 24.3 Å². The molecular weight excluding hydrogens is 252 g/mol. The van der Waals surface area contributed by atoms with E-state index in [0.29, 0.717) is 6.54 Å². The van der Waals surface area contributed by atoms with Gasteiger partial charge in [-0.25, -0.2) is 4.79 Å². The van der Waals surface area contributed by atoms with Crippen LogP contribution in [0.1, 0.15) is 37.8 Å². The molecule has 20 heavy (non-hydrogen) atoms. The Kier molecular flexibility index (Phi) is 5.01. The second kappa shape index (κ2) is 6.75. The van der Waals surface area contributed by atoms with Crippen LogP contribution in [0, 0.1) is 6.92 Å². The summed E-state index contributed by atoms with van der Waals surface area (Å²) in [6.45, 7) is 6.71. The van der Waals surface area contributed by atoms with E-state index in [0.717, 1.165) is 18.4 Å². The predicted molar refractivity (Wildman–Crippen MR) is 79.6 cm³/mol. The fourth-order valence-corrected chi connectivity index (χ4v) is 2.76. The van der Waals surface area contributed by atoms with Gasteiger partial charge in [0.15, 0.2) is 0 Å². The molecular formula is C16H24N2O2. The highest BCUT2D eigenvalue weighted by molar-refractivity contribution is 5.74. The lowest BCUT2D eigenvalue weighted by Gasteiger charge is -2.32. The van der Waals surface area contributed by atoms with Crippen LogP contribution in [0.3, 0.4) is 0 Å². The van der Waals surface area contributed by atoms with E-state index < -0.39 is 0 Å². The normalized spacial score (nSPS) is 26.1. The molecule has 3 atom stereocenters. The van der Waals surface area contributed by atoms with Crippen LogP contribution in [0.2, 0.25) is 0 Å². The number of hydrogen-bond acceptors (Lipinski definition) is 2. The molecule has 1 aromatic carbocycles. The third kappa shape index (κ3) is 4.53. The van der Waals surface area contributed by atoms with Crippen LogP contribution in [-0.4, -0.2) is 24.3 Å². The van der Waals surface area contributed by atoms with Gasteiger partial charge in [0.2, 0.25) is 0 Å². The van der Waals surface area contributed by atoms with E-state index in [1.165, 1.54) is 5.56 Å². The van der Waals surface area contributed by atoms with Crippen molar-refractivity contribution in [2.24, 2.45) is 0 Å². The lowest BCUT2D eigenvalue weighted by atomic mass is 10.0. The van der Waals surface area contributed by atoms with Crippen LogP contribution in [0.15, 0.2) is 24.3 Å². The first kappa shape index (κ1) is 14.9. The van der Waals surface area contributed by atoms with Gasteiger partial charge in [0.05, 0.1) is 12.2 Å². The molecule has 0 bridgehead atoms. The lowest BCUT2D eigenvalue weighted by Crippen LogP contribution is -2.47. The molecule has 4 nitrogen and oxygen atoms in total. The molecule has 0 saturated carbocycles. The molecule has 0 spiro atoms. The highest BCUT2D eigenvalue weighted by atomic mass is 16.5. The van der Waals surface area contributed by atoms with E-state index in [2.05, 4.69) is 30.5 Å². The van der Waals surface area contributed by atoms with Crippen molar-refractivity contribution in [1.82, 2.24) is 10.6 Å². The van der Waals surface area contributed by atoms with E-state index in [9.17, 15) is 4.79 Å². The molecule has 1 saturated heterocycles. The van der Waals surface area contributed by atoms with Gasteiger partial charge in [-0.2, -0.15) is 0 Å². The molecule has 1 aliphatic rings. The Morgan fingerprint density at radius 3 is 2.65 bits per heavy atom. The van der Waals surface area contributed by atoms with E-state index >= 15 is 0 Å². The summed E-state index contributed by atoms with van der Waals surface area (Å²) in [7, 11) is 0. The molecule has 0 aromatic heterocycles. The van der Waals surface area contributed by atoms with Crippen molar-refractivity contribution in [2.45, 2.75) is 58.4 Å².